The minimum atomic E-state index is -3.86. The van der Waals surface area contributed by atoms with Gasteiger partial charge in [-0.3, -0.25) is 4.79 Å². The maximum absolute atomic E-state index is 13.2. The molecular formula is C27H21Cl2NO5S. The molecule has 0 bridgehead atoms. The maximum Gasteiger partial charge on any atom is 0.255 e. The van der Waals surface area contributed by atoms with Crippen LogP contribution in [-0.4, -0.2) is 24.5 Å². The van der Waals surface area contributed by atoms with Crippen LogP contribution in [0.2, 0.25) is 10.0 Å². The van der Waals surface area contributed by atoms with Crippen molar-refractivity contribution < 1.29 is 23.4 Å². The molecule has 1 amide bonds. The van der Waals surface area contributed by atoms with Gasteiger partial charge in [-0.2, -0.15) is 0 Å². The topological polar surface area (TPSA) is 104 Å². The number of aryl methyl sites for hydroxylation is 2. The summed E-state index contributed by atoms with van der Waals surface area (Å²) >= 11 is 12.1. The molecule has 0 aliphatic carbocycles. The third kappa shape index (κ3) is 5.49. The van der Waals surface area contributed by atoms with Crippen molar-refractivity contribution in [2.75, 3.05) is 5.32 Å². The van der Waals surface area contributed by atoms with E-state index in [0.29, 0.717) is 34.6 Å². The molecule has 3 N–H and O–H groups in total. The highest BCUT2D eigenvalue weighted by Gasteiger charge is 2.20. The lowest BCUT2D eigenvalue weighted by Gasteiger charge is -2.13. The Balaban J connectivity index is 1.58. The highest BCUT2D eigenvalue weighted by molar-refractivity contribution is 7.91. The van der Waals surface area contributed by atoms with E-state index in [4.69, 9.17) is 23.2 Å². The number of aromatic hydroxyl groups is 2. The minimum absolute atomic E-state index is 0.0304. The summed E-state index contributed by atoms with van der Waals surface area (Å²) in [5, 5.41) is 23.1. The summed E-state index contributed by atoms with van der Waals surface area (Å²) in [6, 6.07) is 21.6. The number of halogens is 2. The van der Waals surface area contributed by atoms with Gasteiger partial charge in [0.25, 0.3) is 5.91 Å². The van der Waals surface area contributed by atoms with Crippen LogP contribution in [-0.2, 0) is 22.7 Å². The molecule has 0 atom stereocenters. The van der Waals surface area contributed by atoms with Crippen LogP contribution < -0.4 is 5.32 Å². The number of phenolic OH excluding ortho intramolecular Hbond substituents is 2. The van der Waals surface area contributed by atoms with Gasteiger partial charge in [-0.15, -0.1) is 0 Å². The molecule has 0 aromatic heterocycles. The standard InChI is InChI=1S/C27H21Cl2NO5S/c28-19-10-12-20(13-11-19)36(34,35)21-14-15-23(29)24(16-21)30-27(33)22-6-2-1-4-17(22)8-9-18-5-3-7-25(31)26(18)32/h1-7,10-16,31-32H,8-9H2,(H,30,33). The van der Waals surface area contributed by atoms with E-state index in [1.54, 1.807) is 36.4 Å². The second-order valence-corrected chi connectivity index (χ2v) is 10.8. The molecular weight excluding hydrogens is 521 g/mol. The monoisotopic (exact) mass is 541 g/mol. The first-order valence-corrected chi connectivity index (χ1v) is 13.1. The summed E-state index contributed by atoms with van der Waals surface area (Å²) in [6.45, 7) is 0. The van der Waals surface area contributed by atoms with Crippen molar-refractivity contribution in [1.82, 2.24) is 0 Å². The molecule has 0 radical (unpaired) electrons. The van der Waals surface area contributed by atoms with E-state index in [-0.39, 0.29) is 32.0 Å². The summed E-state index contributed by atoms with van der Waals surface area (Å²) in [4.78, 5) is 13.2. The number of nitrogens with one attached hydrogen (secondary N) is 1. The maximum atomic E-state index is 13.2. The lowest BCUT2D eigenvalue weighted by molar-refractivity contribution is 0.102. The number of sulfone groups is 1. The second-order valence-electron chi connectivity index (χ2n) is 8.00. The minimum Gasteiger partial charge on any atom is -0.504 e. The average molecular weight is 542 g/mol. The SMILES string of the molecule is O=C(Nc1cc(S(=O)(=O)c2ccc(Cl)cc2)ccc1Cl)c1ccccc1CCc1cccc(O)c1O. The van der Waals surface area contributed by atoms with E-state index in [1.807, 2.05) is 0 Å². The van der Waals surface area contributed by atoms with Gasteiger partial charge in [0.05, 0.1) is 20.5 Å². The van der Waals surface area contributed by atoms with Crippen LogP contribution in [0.5, 0.6) is 11.5 Å². The Morgan fingerprint density at radius 2 is 1.42 bits per heavy atom. The first-order valence-electron chi connectivity index (χ1n) is 10.9. The Morgan fingerprint density at radius 1 is 0.778 bits per heavy atom. The molecule has 0 heterocycles. The molecule has 36 heavy (non-hydrogen) atoms. The molecule has 4 rings (SSSR count). The third-order valence-corrected chi connectivity index (χ3v) is 7.99. The summed E-state index contributed by atoms with van der Waals surface area (Å²) in [7, 11) is -3.86. The van der Waals surface area contributed by atoms with Crippen LogP contribution in [0.4, 0.5) is 5.69 Å². The number of para-hydroxylation sites is 1. The predicted octanol–water partition coefficient (Wildman–Crippen LogP) is 6.27. The van der Waals surface area contributed by atoms with Crippen molar-refractivity contribution in [2.24, 2.45) is 0 Å². The summed E-state index contributed by atoms with van der Waals surface area (Å²) in [5.74, 6) is -0.861. The molecule has 4 aromatic carbocycles. The molecule has 9 heteroatoms. The number of carbonyl (C=O) groups excluding carboxylic acids is 1. The molecule has 0 fully saturated rings. The van der Waals surface area contributed by atoms with Crippen LogP contribution in [0.1, 0.15) is 21.5 Å². The van der Waals surface area contributed by atoms with Gasteiger partial charge in [0.1, 0.15) is 0 Å². The van der Waals surface area contributed by atoms with Gasteiger partial charge >= 0.3 is 0 Å². The van der Waals surface area contributed by atoms with Gasteiger partial charge in [-0.25, -0.2) is 8.42 Å². The molecule has 0 saturated heterocycles. The van der Waals surface area contributed by atoms with E-state index < -0.39 is 15.7 Å². The van der Waals surface area contributed by atoms with Crippen molar-refractivity contribution in [3.05, 3.63) is 112 Å². The zero-order chi connectivity index (χ0) is 25.9. The van der Waals surface area contributed by atoms with Crippen LogP contribution in [0, 0.1) is 0 Å². The zero-order valence-corrected chi connectivity index (χ0v) is 21.1. The quantitative estimate of drug-likeness (QED) is 0.239. The fourth-order valence-electron chi connectivity index (χ4n) is 3.72. The summed E-state index contributed by atoms with van der Waals surface area (Å²) < 4.78 is 26.1. The lowest BCUT2D eigenvalue weighted by atomic mass is 9.98. The van der Waals surface area contributed by atoms with Crippen LogP contribution in [0.25, 0.3) is 0 Å². The van der Waals surface area contributed by atoms with Crippen molar-refractivity contribution in [1.29, 1.82) is 0 Å². The fourth-order valence-corrected chi connectivity index (χ4v) is 5.29. The van der Waals surface area contributed by atoms with Gasteiger partial charge in [-0.05, 0) is 78.6 Å². The molecule has 6 nitrogen and oxygen atoms in total. The number of phenols is 2. The molecule has 0 unspecified atom stereocenters. The predicted molar refractivity (Wildman–Crippen MR) is 140 cm³/mol. The van der Waals surface area contributed by atoms with Crippen molar-refractivity contribution >= 4 is 44.6 Å². The van der Waals surface area contributed by atoms with E-state index in [9.17, 15) is 23.4 Å². The van der Waals surface area contributed by atoms with Gasteiger partial charge < -0.3 is 15.5 Å². The zero-order valence-electron chi connectivity index (χ0n) is 18.8. The number of rotatable bonds is 7. The number of hydrogen-bond acceptors (Lipinski definition) is 5. The van der Waals surface area contributed by atoms with E-state index in [2.05, 4.69) is 5.32 Å². The van der Waals surface area contributed by atoms with Crippen LogP contribution in [0.15, 0.2) is 94.7 Å². The molecule has 0 aliphatic heterocycles. The normalized spacial score (nSPS) is 11.3. The molecule has 0 aliphatic rings. The highest BCUT2D eigenvalue weighted by Crippen LogP contribution is 2.31. The molecule has 0 spiro atoms. The van der Waals surface area contributed by atoms with Gasteiger partial charge in [0, 0.05) is 10.6 Å². The summed E-state index contributed by atoms with van der Waals surface area (Å²) in [6.07, 6.45) is 0.805. The molecule has 184 valence electrons. The largest absolute Gasteiger partial charge is 0.504 e. The van der Waals surface area contributed by atoms with Crippen molar-refractivity contribution in [3.8, 4) is 11.5 Å². The molecule has 4 aromatic rings. The van der Waals surface area contributed by atoms with Crippen LogP contribution in [0.3, 0.4) is 0 Å². The Hall–Kier alpha value is -3.52. The van der Waals surface area contributed by atoms with Gasteiger partial charge in [-0.1, -0.05) is 53.5 Å². The van der Waals surface area contributed by atoms with Crippen molar-refractivity contribution in [2.45, 2.75) is 22.6 Å². The van der Waals surface area contributed by atoms with Crippen molar-refractivity contribution in [3.63, 3.8) is 0 Å². The lowest BCUT2D eigenvalue weighted by Crippen LogP contribution is -2.15. The fraction of sp³-hybridized carbons (Fsp3) is 0.0741. The van der Waals surface area contributed by atoms with E-state index in [0.717, 1.165) is 0 Å². The number of anilines is 1. The van der Waals surface area contributed by atoms with E-state index in [1.165, 1.54) is 48.5 Å². The third-order valence-electron chi connectivity index (χ3n) is 5.64. The second kappa shape index (κ2) is 10.6. The average Bonchev–Trinajstić information content (AvgIpc) is 2.86. The first kappa shape index (κ1) is 25.6. The number of amides is 1. The van der Waals surface area contributed by atoms with Gasteiger partial charge in [0.2, 0.25) is 9.84 Å². The first-order chi connectivity index (χ1) is 17.2. The van der Waals surface area contributed by atoms with Gasteiger partial charge in [0.15, 0.2) is 11.5 Å². The highest BCUT2D eigenvalue weighted by atomic mass is 35.5. The number of benzene rings is 4. The van der Waals surface area contributed by atoms with E-state index >= 15 is 0 Å². The van der Waals surface area contributed by atoms with Crippen LogP contribution >= 0.6 is 23.2 Å². The smallest absolute Gasteiger partial charge is 0.255 e. The Morgan fingerprint density at radius 3 is 2.17 bits per heavy atom. The Bertz CT molecular complexity index is 1540. The summed E-state index contributed by atoms with van der Waals surface area (Å²) in [5.41, 5.74) is 1.78. The Kier molecular flexibility index (Phi) is 7.54. The Labute approximate surface area is 218 Å². The number of carbonyl (C=O) groups is 1. The number of hydrogen-bond donors (Lipinski definition) is 3. The molecule has 0 saturated carbocycles.